The normalized spacial score (nSPS) is 27.2. The fraction of sp³-hybridized carbons (Fsp3) is 0.350. The smallest absolute Gasteiger partial charge is 0.323 e. The maximum atomic E-state index is 12.3. The van der Waals surface area contributed by atoms with Crippen LogP contribution >= 0.6 is 0 Å². The highest BCUT2D eigenvalue weighted by atomic mass is 16.7. The fourth-order valence-electron chi connectivity index (χ4n) is 4.18. The summed E-state index contributed by atoms with van der Waals surface area (Å²) in [6.07, 6.45) is 5.37. The molecule has 0 bridgehead atoms. The lowest BCUT2D eigenvalue weighted by molar-refractivity contribution is -0.143. The summed E-state index contributed by atoms with van der Waals surface area (Å²) in [6, 6.07) is 7.75. The number of H-pyrrole nitrogens is 1. The summed E-state index contributed by atoms with van der Waals surface area (Å²) in [6.45, 7) is 0.304. The number of aromatic nitrogens is 1. The van der Waals surface area contributed by atoms with Crippen LogP contribution in [0.15, 0.2) is 47.7 Å². The molecule has 26 heavy (non-hydrogen) atoms. The number of methoxy groups -OCH3 is 1. The van der Waals surface area contributed by atoms with Gasteiger partial charge in [0.05, 0.1) is 13.2 Å². The molecule has 1 aromatic carbocycles. The molecule has 0 amide bonds. The molecule has 0 saturated carbocycles. The lowest BCUT2D eigenvalue weighted by atomic mass is 9.86. The van der Waals surface area contributed by atoms with Crippen LogP contribution in [0.5, 0.6) is 0 Å². The summed E-state index contributed by atoms with van der Waals surface area (Å²) in [5, 5.41) is 4.63. The van der Waals surface area contributed by atoms with Gasteiger partial charge in [-0.15, -0.1) is 0 Å². The standard InChI is InChI=1S/C20H20N2O4/c1-24-20(23)15-9-13-12-4-2-3-5-14(12)21-19(13)18(22-15)11-6-7-16-17(8-11)26-10-25-16/h2-7,15,17-18,21-22H,8-10H2,1H3/t15-,17?,18-/m1/s1. The third-order valence-corrected chi connectivity index (χ3v) is 5.46. The van der Waals surface area contributed by atoms with E-state index in [1.165, 1.54) is 18.2 Å². The van der Waals surface area contributed by atoms with Crippen molar-refractivity contribution in [3.05, 3.63) is 59.0 Å². The Bertz CT molecular complexity index is 942. The number of nitrogens with one attached hydrogen (secondary N) is 2. The number of rotatable bonds is 2. The zero-order chi connectivity index (χ0) is 17.7. The third kappa shape index (κ3) is 2.37. The highest BCUT2D eigenvalue weighted by molar-refractivity contribution is 5.87. The van der Waals surface area contributed by atoms with E-state index < -0.39 is 0 Å². The van der Waals surface area contributed by atoms with Crippen molar-refractivity contribution < 1.29 is 19.0 Å². The van der Waals surface area contributed by atoms with Crippen molar-refractivity contribution in [2.45, 2.75) is 31.0 Å². The summed E-state index contributed by atoms with van der Waals surface area (Å²) < 4.78 is 16.1. The van der Waals surface area contributed by atoms with E-state index in [2.05, 4.69) is 28.5 Å². The number of aromatic amines is 1. The second-order valence-electron chi connectivity index (χ2n) is 6.87. The van der Waals surface area contributed by atoms with E-state index in [1.54, 1.807) is 0 Å². The van der Waals surface area contributed by atoms with Crippen LogP contribution < -0.4 is 5.32 Å². The SMILES string of the molecule is COC(=O)[C@H]1Cc2c([nH]c3ccccc23)[C@@H](C2=CC=C3OCOC3C2)N1. The number of carbonyl (C=O) groups is 1. The molecule has 2 aliphatic heterocycles. The minimum absolute atomic E-state index is 0.0388. The molecule has 6 nitrogen and oxygen atoms in total. The van der Waals surface area contributed by atoms with Crippen molar-refractivity contribution in [3.8, 4) is 0 Å². The number of hydrogen-bond donors (Lipinski definition) is 2. The first kappa shape index (κ1) is 15.7. The predicted molar refractivity (Wildman–Crippen MR) is 95.3 cm³/mol. The van der Waals surface area contributed by atoms with Gasteiger partial charge in [-0.25, -0.2) is 0 Å². The van der Waals surface area contributed by atoms with Gasteiger partial charge in [-0.1, -0.05) is 24.3 Å². The number of benzene rings is 1. The minimum Gasteiger partial charge on any atom is -0.469 e. The molecule has 1 aliphatic carbocycles. The Morgan fingerprint density at radius 3 is 3.00 bits per heavy atom. The third-order valence-electron chi connectivity index (χ3n) is 5.46. The van der Waals surface area contributed by atoms with E-state index in [4.69, 9.17) is 14.2 Å². The van der Waals surface area contributed by atoms with E-state index >= 15 is 0 Å². The molecule has 2 N–H and O–H groups in total. The van der Waals surface area contributed by atoms with Crippen LogP contribution in [-0.4, -0.2) is 37.0 Å². The van der Waals surface area contributed by atoms with Gasteiger partial charge in [0.15, 0.2) is 6.79 Å². The zero-order valence-electron chi connectivity index (χ0n) is 14.5. The van der Waals surface area contributed by atoms with Gasteiger partial charge in [-0.2, -0.15) is 0 Å². The average molecular weight is 352 g/mol. The van der Waals surface area contributed by atoms with Crippen LogP contribution in [0.2, 0.25) is 0 Å². The second kappa shape index (κ2) is 6.00. The van der Waals surface area contributed by atoms with Crippen molar-refractivity contribution in [2.24, 2.45) is 0 Å². The maximum Gasteiger partial charge on any atom is 0.323 e. The van der Waals surface area contributed by atoms with Gasteiger partial charge in [0.1, 0.15) is 17.9 Å². The minimum atomic E-state index is -0.372. The number of para-hydroxylation sites is 1. The van der Waals surface area contributed by atoms with Crippen molar-refractivity contribution in [2.75, 3.05) is 13.9 Å². The molecule has 1 fully saturated rings. The van der Waals surface area contributed by atoms with Crippen molar-refractivity contribution in [1.29, 1.82) is 0 Å². The van der Waals surface area contributed by atoms with Gasteiger partial charge in [0.25, 0.3) is 0 Å². The quantitative estimate of drug-likeness (QED) is 0.813. The van der Waals surface area contributed by atoms with Crippen molar-refractivity contribution in [1.82, 2.24) is 10.3 Å². The Morgan fingerprint density at radius 1 is 1.23 bits per heavy atom. The van der Waals surface area contributed by atoms with Crippen LogP contribution in [0.25, 0.3) is 10.9 Å². The van der Waals surface area contributed by atoms with E-state index in [1.807, 2.05) is 18.2 Å². The molecular weight excluding hydrogens is 332 g/mol. The molecule has 1 saturated heterocycles. The number of hydrogen-bond acceptors (Lipinski definition) is 5. The highest BCUT2D eigenvalue weighted by Crippen LogP contribution is 2.39. The highest BCUT2D eigenvalue weighted by Gasteiger charge is 2.38. The van der Waals surface area contributed by atoms with Gasteiger partial charge in [0.2, 0.25) is 0 Å². The zero-order valence-corrected chi connectivity index (χ0v) is 14.5. The summed E-state index contributed by atoms with van der Waals surface area (Å²) >= 11 is 0. The molecule has 0 spiro atoms. The summed E-state index contributed by atoms with van der Waals surface area (Å²) in [5.41, 5.74) is 4.56. The van der Waals surface area contributed by atoms with Gasteiger partial charge >= 0.3 is 5.97 Å². The molecule has 3 heterocycles. The maximum absolute atomic E-state index is 12.3. The lowest BCUT2D eigenvalue weighted by Gasteiger charge is -2.33. The summed E-state index contributed by atoms with van der Waals surface area (Å²) in [7, 11) is 1.43. The van der Waals surface area contributed by atoms with Crippen molar-refractivity contribution in [3.63, 3.8) is 0 Å². The van der Waals surface area contributed by atoms with Crippen LogP contribution in [-0.2, 0) is 25.4 Å². The lowest BCUT2D eigenvalue weighted by Crippen LogP contribution is -2.46. The first-order chi connectivity index (χ1) is 12.7. The molecule has 1 aromatic heterocycles. The summed E-state index contributed by atoms with van der Waals surface area (Å²) in [4.78, 5) is 15.8. The molecule has 3 aliphatic rings. The molecule has 3 atom stereocenters. The van der Waals surface area contributed by atoms with Gasteiger partial charge in [0, 0.05) is 29.4 Å². The Kier molecular flexibility index (Phi) is 3.62. The molecule has 6 heteroatoms. The topological polar surface area (TPSA) is 72.6 Å². The fourth-order valence-corrected chi connectivity index (χ4v) is 4.18. The van der Waals surface area contributed by atoms with Crippen LogP contribution in [0.3, 0.4) is 0 Å². The van der Waals surface area contributed by atoms with E-state index in [0.717, 1.165) is 28.8 Å². The Morgan fingerprint density at radius 2 is 2.12 bits per heavy atom. The molecule has 1 unspecified atom stereocenters. The average Bonchev–Trinajstić information content (AvgIpc) is 3.30. The van der Waals surface area contributed by atoms with E-state index in [9.17, 15) is 4.79 Å². The largest absolute Gasteiger partial charge is 0.469 e. The monoisotopic (exact) mass is 352 g/mol. The van der Waals surface area contributed by atoms with Gasteiger partial charge in [-0.3, -0.25) is 10.1 Å². The molecule has 5 rings (SSSR count). The van der Waals surface area contributed by atoms with E-state index in [-0.39, 0.29) is 24.2 Å². The molecule has 134 valence electrons. The van der Waals surface area contributed by atoms with Gasteiger partial charge < -0.3 is 19.2 Å². The number of esters is 1. The number of fused-ring (bicyclic) bond motifs is 4. The molecular formula is C20H20N2O4. The van der Waals surface area contributed by atoms with E-state index in [0.29, 0.717) is 13.2 Å². The summed E-state index contributed by atoms with van der Waals surface area (Å²) in [5.74, 6) is 0.643. The number of ether oxygens (including phenoxy) is 3. The second-order valence-corrected chi connectivity index (χ2v) is 6.87. The Balaban J connectivity index is 1.59. The Hall–Kier alpha value is -2.57. The van der Waals surface area contributed by atoms with Gasteiger partial charge in [-0.05, 0) is 23.3 Å². The van der Waals surface area contributed by atoms with Crippen LogP contribution in [0.4, 0.5) is 0 Å². The number of carbonyl (C=O) groups excluding carboxylic acids is 1. The van der Waals surface area contributed by atoms with Crippen LogP contribution in [0, 0.1) is 0 Å². The molecule has 0 radical (unpaired) electrons. The number of allylic oxidation sites excluding steroid dienone is 2. The molecule has 2 aromatic rings. The first-order valence-corrected chi connectivity index (χ1v) is 8.83. The Labute approximate surface area is 150 Å². The van der Waals surface area contributed by atoms with Crippen molar-refractivity contribution >= 4 is 16.9 Å². The first-order valence-electron chi connectivity index (χ1n) is 8.83. The van der Waals surface area contributed by atoms with Crippen LogP contribution in [0.1, 0.15) is 23.7 Å². The predicted octanol–water partition coefficient (Wildman–Crippen LogP) is 2.48.